The van der Waals surface area contributed by atoms with E-state index in [0.29, 0.717) is 5.11 Å². The predicted octanol–water partition coefficient (Wildman–Crippen LogP) is 4.41. The summed E-state index contributed by atoms with van der Waals surface area (Å²) < 4.78 is 0. The molecule has 2 atom stereocenters. The van der Waals surface area contributed by atoms with Gasteiger partial charge in [-0.15, -0.1) is 0 Å². The van der Waals surface area contributed by atoms with Gasteiger partial charge in [0.2, 0.25) is 0 Å². The number of rotatable bonds is 5. The molecule has 0 aliphatic heterocycles. The van der Waals surface area contributed by atoms with E-state index in [1.807, 2.05) is 78.9 Å². The molecule has 4 heteroatoms. The van der Waals surface area contributed by atoms with Gasteiger partial charge in [-0.05, 0) is 35.5 Å². The first-order valence-electron chi connectivity index (χ1n) is 8.22. The fourth-order valence-electron chi connectivity index (χ4n) is 2.74. The van der Waals surface area contributed by atoms with E-state index in [-0.39, 0.29) is 12.1 Å². The van der Waals surface area contributed by atoms with Gasteiger partial charge in [-0.2, -0.15) is 0 Å². The molecule has 0 fully saturated rings. The largest absolute Gasteiger partial charge is 0.354 e. The lowest BCUT2D eigenvalue weighted by Gasteiger charge is -2.27. The highest BCUT2D eigenvalue weighted by molar-refractivity contribution is 7.80. The number of nitrogens with two attached hydrogens (primary N) is 1. The van der Waals surface area contributed by atoms with Crippen molar-refractivity contribution in [3.63, 3.8) is 0 Å². The van der Waals surface area contributed by atoms with Crippen LogP contribution in [0.2, 0.25) is 0 Å². The van der Waals surface area contributed by atoms with Crippen molar-refractivity contribution in [2.45, 2.75) is 12.1 Å². The van der Waals surface area contributed by atoms with E-state index in [1.165, 1.54) is 0 Å². The first-order chi connectivity index (χ1) is 12.2. The summed E-state index contributed by atoms with van der Waals surface area (Å²) in [4.78, 5) is 0. The Morgan fingerprint density at radius 1 is 0.720 bits per heavy atom. The first-order valence-corrected chi connectivity index (χ1v) is 8.63. The third-order valence-electron chi connectivity index (χ3n) is 4.02. The zero-order valence-corrected chi connectivity index (χ0v) is 14.6. The van der Waals surface area contributed by atoms with Crippen LogP contribution in [0.5, 0.6) is 0 Å². The summed E-state index contributed by atoms with van der Waals surface area (Å²) in [5, 5.41) is 7.14. The molecule has 3 rings (SSSR count). The molecule has 0 aliphatic rings. The Morgan fingerprint density at radius 3 is 1.76 bits per heavy atom. The molecule has 0 unspecified atom stereocenters. The molecular weight excluding hydrogens is 326 g/mol. The van der Waals surface area contributed by atoms with Crippen molar-refractivity contribution in [2.75, 3.05) is 5.32 Å². The number of hydrogen-bond acceptors (Lipinski definition) is 2. The molecule has 0 bridgehead atoms. The van der Waals surface area contributed by atoms with E-state index in [1.54, 1.807) is 0 Å². The van der Waals surface area contributed by atoms with Crippen molar-refractivity contribution in [3.05, 3.63) is 102 Å². The maximum Gasteiger partial charge on any atom is 0.171 e. The molecular formula is C21H21N3S. The van der Waals surface area contributed by atoms with Crippen molar-refractivity contribution >= 4 is 23.0 Å². The summed E-state index contributed by atoms with van der Waals surface area (Å²) in [6.07, 6.45) is 0. The molecule has 126 valence electrons. The lowest BCUT2D eigenvalue weighted by Crippen LogP contribution is -2.38. The van der Waals surface area contributed by atoms with Crippen LogP contribution >= 0.6 is 12.2 Å². The third-order valence-corrected chi connectivity index (χ3v) is 4.24. The van der Waals surface area contributed by atoms with Crippen LogP contribution in [0.25, 0.3) is 0 Å². The Balaban J connectivity index is 1.80. The fraction of sp³-hybridized carbons (Fsp3) is 0.0952. The second-order valence-corrected chi connectivity index (χ2v) is 6.20. The minimum atomic E-state index is -0.223. The van der Waals surface area contributed by atoms with E-state index >= 15 is 0 Å². The second kappa shape index (κ2) is 8.42. The summed E-state index contributed by atoms with van der Waals surface area (Å²) in [5.74, 6) is 0. The smallest absolute Gasteiger partial charge is 0.171 e. The Morgan fingerprint density at radius 2 is 1.20 bits per heavy atom. The molecule has 3 aromatic carbocycles. The number of nitrogens with one attached hydrogen (secondary N) is 2. The number of benzene rings is 3. The van der Waals surface area contributed by atoms with Gasteiger partial charge in [0.25, 0.3) is 0 Å². The Labute approximate surface area is 153 Å². The van der Waals surface area contributed by atoms with E-state index in [9.17, 15) is 0 Å². The molecule has 0 heterocycles. The minimum Gasteiger partial charge on any atom is -0.354 e. The first kappa shape index (κ1) is 17.1. The number of para-hydroxylation sites is 1. The van der Waals surface area contributed by atoms with Crippen LogP contribution in [-0.2, 0) is 0 Å². The van der Waals surface area contributed by atoms with Crippen molar-refractivity contribution < 1.29 is 0 Å². The average molecular weight is 347 g/mol. The van der Waals surface area contributed by atoms with Crippen molar-refractivity contribution in [3.8, 4) is 0 Å². The van der Waals surface area contributed by atoms with Gasteiger partial charge in [0.15, 0.2) is 5.11 Å². The van der Waals surface area contributed by atoms with Crippen LogP contribution in [0, 0.1) is 0 Å². The highest BCUT2D eigenvalue weighted by Crippen LogP contribution is 2.26. The molecule has 0 aliphatic carbocycles. The summed E-state index contributed by atoms with van der Waals surface area (Å²) in [7, 11) is 0. The molecule has 25 heavy (non-hydrogen) atoms. The third kappa shape index (κ3) is 4.66. The molecule has 0 saturated carbocycles. The maximum absolute atomic E-state index is 6.56. The molecule has 0 spiro atoms. The zero-order chi connectivity index (χ0) is 17.5. The number of hydrogen-bond donors (Lipinski definition) is 3. The fourth-order valence-corrected chi connectivity index (χ4v) is 2.98. The SMILES string of the molecule is N[C@H](c1ccccc1)[C@H](NC(=S)Nc1ccccc1)c1ccccc1. The molecule has 4 N–H and O–H groups in total. The summed E-state index contributed by atoms with van der Waals surface area (Å²) in [5.41, 5.74) is 9.66. The second-order valence-electron chi connectivity index (χ2n) is 5.79. The van der Waals surface area contributed by atoms with Crippen molar-refractivity contribution in [1.29, 1.82) is 0 Å². The van der Waals surface area contributed by atoms with Gasteiger partial charge in [0.1, 0.15) is 0 Å². The molecule has 0 amide bonds. The average Bonchev–Trinajstić information content (AvgIpc) is 2.68. The van der Waals surface area contributed by atoms with Crippen LogP contribution < -0.4 is 16.4 Å². The highest BCUT2D eigenvalue weighted by Gasteiger charge is 2.22. The van der Waals surface area contributed by atoms with Gasteiger partial charge in [0.05, 0.1) is 12.1 Å². The van der Waals surface area contributed by atoms with Crippen LogP contribution in [0.1, 0.15) is 23.2 Å². The highest BCUT2D eigenvalue weighted by atomic mass is 32.1. The maximum atomic E-state index is 6.56. The van der Waals surface area contributed by atoms with Crippen molar-refractivity contribution in [1.82, 2.24) is 5.32 Å². The van der Waals surface area contributed by atoms with Crippen LogP contribution in [0.15, 0.2) is 91.0 Å². The Bertz CT molecular complexity index is 791. The lowest BCUT2D eigenvalue weighted by atomic mass is 9.94. The van der Waals surface area contributed by atoms with Gasteiger partial charge in [-0.3, -0.25) is 0 Å². The molecule has 3 nitrogen and oxygen atoms in total. The lowest BCUT2D eigenvalue weighted by molar-refractivity contribution is 0.527. The Kier molecular flexibility index (Phi) is 5.77. The number of thiocarbonyl (C=S) groups is 1. The van der Waals surface area contributed by atoms with Crippen LogP contribution in [0.3, 0.4) is 0 Å². The summed E-state index contributed by atoms with van der Waals surface area (Å²) in [6.45, 7) is 0. The predicted molar refractivity (Wildman–Crippen MR) is 108 cm³/mol. The van der Waals surface area contributed by atoms with Crippen LogP contribution in [-0.4, -0.2) is 5.11 Å². The molecule has 0 saturated heterocycles. The topological polar surface area (TPSA) is 50.1 Å². The normalized spacial score (nSPS) is 12.8. The molecule has 3 aromatic rings. The Hall–Kier alpha value is -2.69. The van der Waals surface area contributed by atoms with E-state index in [4.69, 9.17) is 18.0 Å². The van der Waals surface area contributed by atoms with Gasteiger partial charge in [-0.1, -0.05) is 78.9 Å². The van der Waals surface area contributed by atoms with E-state index < -0.39 is 0 Å². The van der Waals surface area contributed by atoms with Gasteiger partial charge < -0.3 is 16.4 Å². The molecule has 0 radical (unpaired) electrons. The quantitative estimate of drug-likeness (QED) is 0.598. The molecule has 0 aromatic heterocycles. The van der Waals surface area contributed by atoms with E-state index in [0.717, 1.165) is 16.8 Å². The summed E-state index contributed by atoms with van der Waals surface area (Å²) >= 11 is 5.50. The van der Waals surface area contributed by atoms with E-state index in [2.05, 4.69) is 22.8 Å². The van der Waals surface area contributed by atoms with Gasteiger partial charge in [-0.25, -0.2) is 0 Å². The van der Waals surface area contributed by atoms with Crippen LogP contribution in [0.4, 0.5) is 5.69 Å². The summed E-state index contributed by atoms with van der Waals surface area (Å²) in [6, 6.07) is 29.7. The van der Waals surface area contributed by atoms with Gasteiger partial charge >= 0.3 is 0 Å². The minimum absolute atomic E-state index is 0.132. The standard InChI is InChI=1S/C21H21N3S/c22-19(16-10-4-1-5-11-16)20(17-12-6-2-7-13-17)24-21(25)23-18-14-8-3-9-15-18/h1-15,19-20H,22H2,(H2,23,24,25)/t19-,20-/m1/s1. The zero-order valence-electron chi connectivity index (χ0n) is 13.8. The van der Waals surface area contributed by atoms with Crippen molar-refractivity contribution in [2.24, 2.45) is 5.73 Å². The monoisotopic (exact) mass is 347 g/mol. The van der Waals surface area contributed by atoms with Gasteiger partial charge in [0, 0.05) is 5.69 Å². The number of anilines is 1.